The van der Waals surface area contributed by atoms with Crippen molar-refractivity contribution in [3.8, 4) is 0 Å². The highest BCUT2D eigenvalue weighted by Gasteiger charge is 2.51. The van der Waals surface area contributed by atoms with Gasteiger partial charge in [-0.05, 0) is 6.07 Å². The van der Waals surface area contributed by atoms with E-state index in [4.69, 9.17) is 0 Å². The van der Waals surface area contributed by atoms with Crippen molar-refractivity contribution in [2.24, 2.45) is 0 Å². The molecule has 19 heavy (non-hydrogen) atoms. The summed E-state index contributed by atoms with van der Waals surface area (Å²) in [5, 5.41) is 0.0213. The van der Waals surface area contributed by atoms with Crippen molar-refractivity contribution < 1.29 is 30.7 Å². The molecule has 5 nitrogen and oxygen atoms in total. The summed E-state index contributed by atoms with van der Waals surface area (Å²) in [5.74, 6) is -1.02. The van der Waals surface area contributed by atoms with Crippen LogP contribution in [0.25, 0.3) is 5.70 Å². The van der Waals surface area contributed by atoms with Crippen molar-refractivity contribution in [1.82, 2.24) is 5.06 Å². The van der Waals surface area contributed by atoms with E-state index in [9.17, 15) is 26.4 Å². The number of carbonyl (C=O) groups is 1. The average molecular weight is 293 g/mol. The summed E-state index contributed by atoms with van der Waals surface area (Å²) in [6.07, 6.45) is 0. The van der Waals surface area contributed by atoms with E-state index < -0.39 is 21.5 Å². The molecule has 0 aromatic heterocycles. The lowest BCUT2D eigenvalue weighted by atomic mass is 10.1. The maximum Gasteiger partial charge on any atom is 0.525 e. The molecule has 1 aliphatic heterocycles. The predicted molar refractivity (Wildman–Crippen MR) is 57.7 cm³/mol. The zero-order valence-electron chi connectivity index (χ0n) is 9.14. The maximum absolute atomic E-state index is 12.2. The van der Waals surface area contributed by atoms with E-state index in [1.54, 1.807) is 0 Å². The van der Waals surface area contributed by atoms with Gasteiger partial charge >= 0.3 is 15.6 Å². The van der Waals surface area contributed by atoms with Crippen LogP contribution in [0.1, 0.15) is 15.9 Å². The fraction of sp³-hybridized carbons (Fsp3) is 0.100. The quantitative estimate of drug-likeness (QED) is 0.781. The number of rotatable bonds is 2. The lowest BCUT2D eigenvalue weighted by Gasteiger charge is -2.16. The first-order valence-corrected chi connectivity index (χ1v) is 6.19. The molecule has 0 bridgehead atoms. The number of hydrogen-bond acceptors (Lipinski definition) is 4. The molecule has 0 fully saturated rings. The van der Waals surface area contributed by atoms with E-state index >= 15 is 0 Å². The van der Waals surface area contributed by atoms with E-state index in [-0.39, 0.29) is 21.9 Å². The third-order valence-corrected chi connectivity index (χ3v) is 3.27. The number of hydroxylamine groups is 2. The fourth-order valence-electron chi connectivity index (χ4n) is 1.48. The molecule has 0 atom stereocenters. The monoisotopic (exact) mass is 293 g/mol. The van der Waals surface area contributed by atoms with Gasteiger partial charge in [-0.3, -0.25) is 4.79 Å². The minimum atomic E-state index is -5.92. The van der Waals surface area contributed by atoms with Gasteiger partial charge in [-0.2, -0.15) is 26.7 Å². The number of alkyl halides is 3. The van der Waals surface area contributed by atoms with Crippen molar-refractivity contribution in [1.29, 1.82) is 0 Å². The Balaban J connectivity index is 2.37. The standard InChI is InChI=1S/C10H6F3NO4S/c1-6-7-4-2-3-5-8(7)9(15)14(6)18-19(16,17)10(11,12)13/h2-5H,1H2. The van der Waals surface area contributed by atoms with Gasteiger partial charge < -0.3 is 0 Å². The summed E-state index contributed by atoms with van der Waals surface area (Å²) in [6, 6.07) is 5.75. The van der Waals surface area contributed by atoms with Gasteiger partial charge in [0.1, 0.15) is 0 Å². The molecule has 1 aromatic rings. The number of fused-ring (bicyclic) bond motifs is 1. The Morgan fingerprint density at radius 1 is 1.16 bits per heavy atom. The zero-order chi connectivity index (χ0) is 14.4. The van der Waals surface area contributed by atoms with Crippen molar-refractivity contribution in [2.45, 2.75) is 5.51 Å². The second-order valence-corrected chi connectivity index (χ2v) is 5.09. The highest BCUT2D eigenvalue weighted by atomic mass is 32.2. The first-order chi connectivity index (χ1) is 8.65. The molecule has 0 saturated carbocycles. The van der Waals surface area contributed by atoms with Gasteiger partial charge in [-0.15, -0.1) is 4.28 Å². The molecule has 1 aliphatic rings. The third-order valence-electron chi connectivity index (χ3n) is 2.35. The SMILES string of the molecule is C=C1c2ccccc2C(=O)N1OS(=O)(=O)C(F)(F)F. The Morgan fingerprint density at radius 3 is 2.16 bits per heavy atom. The number of carbonyl (C=O) groups excluding carboxylic acids is 1. The largest absolute Gasteiger partial charge is 0.525 e. The molecule has 0 unspecified atom stereocenters. The molecule has 102 valence electrons. The van der Waals surface area contributed by atoms with Gasteiger partial charge in [0.2, 0.25) is 0 Å². The molecule has 9 heteroatoms. The normalized spacial score (nSPS) is 15.8. The van der Waals surface area contributed by atoms with Crippen LogP contribution in [0.15, 0.2) is 30.8 Å². The molecule has 0 aliphatic carbocycles. The Bertz CT molecular complexity index is 631. The number of amides is 1. The van der Waals surface area contributed by atoms with Crippen LogP contribution in [0.4, 0.5) is 13.2 Å². The summed E-state index contributed by atoms with van der Waals surface area (Å²) < 4.78 is 62.1. The van der Waals surface area contributed by atoms with E-state index in [2.05, 4.69) is 10.9 Å². The minimum Gasteiger partial charge on any atom is -0.266 e. The number of halogens is 3. The first-order valence-electron chi connectivity index (χ1n) is 4.79. The fourth-order valence-corrected chi connectivity index (χ4v) is 1.92. The van der Waals surface area contributed by atoms with Crippen LogP contribution in [0.2, 0.25) is 0 Å². The molecule has 1 aromatic carbocycles. The van der Waals surface area contributed by atoms with Gasteiger partial charge in [0.25, 0.3) is 5.91 Å². The van der Waals surface area contributed by atoms with Crippen LogP contribution in [0.5, 0.6) is 0 Å². The summed E-state index contributed by atoms with van der Waals surface area (Å²) in [6.45, 7) is 3.34. The van der Waals surface area contributed by atoms with Crippen LogP contribution in [-0.4, -0.2) is 24.9 Å². The summed E-state index contributed by atoms with van der Waals surface area (Å²) in [7, 11) is -5.92. The van der Waals surface area contributed by atoms with E-state index in [1.165, 1.54) is 24.3 Å². The molecular weight excluding hydrogens is 287 g/mol. The van der Waals surface area contributed by atoms with Gasteiger partial charge in [-0.25, -0.2) is 0 Å². The molecule has 1 amide bonds. The van der Waals surface area contributed by atoms with Crippen molar-refractivity contribution in [3.63, 3.8) is 0 Å². The molecule has 2 rings (SSSR count). The Labute approximate surface area is 106 Å². The maximum atomic E-state index is 12.2. The first kappa shape index (κ1) is 13.6. The Kier molecular flexibility index (Phi) is 2.90. The van der Waals surface area contributed by atoms with Crippen molar-refractivity contribution >= 4 is 21.7 Å². The third kappa shape index (κ3) is 2.10. The van der Waals surface area contributed by atoms with Crippen molar-refractivity contribution in [3.05, 3.63) is 42.0 Å². The summed E-state index contributed by atoms with van der Waals surface area (Å²) >= 11 is 0. The lowest BCUT2D eigenvalue weighted by Crippen LogP contribution is -2.34. The van der Waals surface area contributed by atoms with Crippen LogP contribution in [-0.2, 0) is 14.4 Å². The molecule has 1 heterocycles. The van der Waals surface area contributed by atoms with Crippen LogP contribution in [0.3, 0.4) is 0 Å². The van der Waals surface area contributed by atoms with E-state index in [1.807, 2.05) is 0 Å². The molecule has 0 N–H and O–H groups in total. The predicted octanol–water partition coefficient (Wildman–Crippen LogP) is 1.89. The second-order valence-electron chi connectivity index (χ2n) is 3.57. The number of hydrogen-bond donors (Lipinski definition) is 0. The van der Waals surface area contributed by atoms with Gasteiger partial charge in [0.05, 0.1) is 11.3 Å². The zero-order valence-corrected chi connectivity index (χ0v) is 9.96. The number of nitrogens with zero attached hydrogens (tertiary/aromatic N) is 1. The highest BCUT2D eigenvalue weighted by Crippen LogP contribution is 2.34. The molecule has 0 saturated heterocycles. The van der Waals surface area contributed by atoms with Gasteiger partial charge in [-0.1, -0.05) is 24.8 Å². The summed E-state index contributed by atoms with van der Waals surface area (Å²) in [5.41, 5.74) is -5.66. The Morgan fingerprint density at radius 2 is 1.68 bits per heavy atom. The van der Waals surface area contributed by atoms with Gasteiger partial charge in [0.15, 0.2) is 0 Å². The van der Waals surface area contributed by atoms with Gasteiger partial charge in [0, 0.05) is 5.56 Å². The highest BCUT2D eigenvalue weighted by molar-refractivity contribution is 7.87. The minimum absolute atomic E-state index is 0.0184. The average Bonchev–Trinajstić information content (AvgIpc) is 2.54. The second kappa shape index (κ2) is 4.07. The van der Waals surface area contributed by atoms with Crippen LogP contribution < -0.4 is 0 Å². The topological polar surface area (TPSA) is 63.7 Å². The Hall–Kier alpha value is -1.87. The smallest absolute Gasteiger partial charge is 0.266 e. The van der Waals surface area contributed by atoms with E-state index in [0.29, 0.717) is 0 Å². The van der Waals surface area contributed by atoms with Crippen LogP contribution >= 0.6 is 0 Å². The van der Waals surface area contributed by atoms with Crippen molar-refractivity contribution in [2.75, 3.05) is 0 Å². The molecule has 0 spiro atoms. The number of benzene rings is 1. The summed E-state index contributed by atoms with van der Waals surface area (Å²) in [4.78, 5) is 11.7. The molecular formula is C10H6F3NO4S. The molecule has 0 radical (unpaired) electrons. The lowest BCUT2D eigenvalue weighted by molar-refractivity contribution is -0.0709. The van der Waals surface area contributed by atoms with E-state index in [0.717, 1.165) is 0 Å². The van der Waals surface area contributed by atoms with Crippen LogP contribution in [0, 0.1) is 0 Å².